The molecule has 0 radical (unpaired) electrons. The van der Waals surface area contributed by atoms with E-state index >= 15 is 0 Å². The van der Waals surface area contributed by atoms with Crippen molar-refractivity contribution in [3.8, 4) is 0 Å². The van der Waals surface area contributed by atoms with Gasteiger partial charge in [0, 0.05) is 24.9 Å². The van der Waals surface area contributed by atoms with Crippen LogP contribution in [0.25, 0.3) is 5.57 Å². The molecule has 3 rings (SSSR count). The second-order valence-corrected chi connectivity index (χ2v) is 6.78. The summed E-state index contributed by atoms with van der Waals surface area (Å²) in [7, 11) is 1.35. The number of aliphatic carboxylic acids is 1. The molecule has 2 aromatic carbocycles. The minimum atomic E-state index is -4.50. The van der Waals surface area contributed by atoms with E-state index in [4.69, 9.17) is 4.74 Å². The van der Waals surface area contributed by atoms with Crippen molar-refractivity contribution in [1.29, 1.82) is 0 Å². The third-order valence-electron chi connectivity index (χ3n) is 4.90. The van der Waals surface area contributed by atoms with Crippen LogP contribution in [0.5, 0.6) is 0 Å². The lowest BCUT2D eigenvalue weighted by molar-refractivity contribution is -0.137. The molecule has 148 valence electrons. The number of alkyl halides is 3. The van der Waals surface area contributed by atoms with Crippen LogP contribution in [0.15, 0.2) is 48.0 Å². The van der Waals surface area contributed by atoms with Crippen LogP contribution in [-0.2, 0) is 22.3 Å². The average Bonchev–Trinajstić information content (AvgIpc) is 2.63. The highest BCUT2D eigenvalue weighted by Gasteiger charge is 2.38. The molecule has 0 aromatic heterocycles. The number of anilines is 1. The molecule has 1 aliphatic heterocycles. The number of aryl methyl sites for hydroxylation is 1. The van der Waals surface area contributed by atoms with Gasteiger partial charge >= 0.3 is 12.1 Å². The summed E-state index contributed by atoms with van der Waals surface area (Å²) in [6, 6.07) is 10.9. The highest BCUT2D eigenvalue weighted by Crippen LogP contribution is 2.42. The van der Waals surface area contributed by atoms with E-state index in [1.165, 1.54) is 13.2 Å². The first kappa shape index (κ1) is 19.9. The van der Waals surface area contributed by atoms with Crippen LogP contribution in [0.1, 0.15) is 29.2 Å². The lowest BCUT2D eigenvalue weighted by atomic mass is 9.91. The molecule has 0 fully saturated rings. The minimum absolute atomic E-state index is 0.0156. The van der Waals surface area contributed by atoms with Crippen molar-refractivity contribution in [1.82, 2.24) is 0 Å². The molecule has 0 bridgehead atoms. The molecule has 1 atom stereocenters. The number of fused-ring (bicyclic) bond motifs is 1. The van der Waals surface area contributed by atoms with Gasteiger partial charge in [0.2, 0.25) is 0 Å². The Labute approximate surface area is 160 Å². The van der Waals surface area contributed by atoms with E-state index in [1.54, 1.807) is 11.8 Å². The topological polar surface area (TPSA) is 49.8 Å². The number of hydrogen-bond donors (Lipinski definition) is 1. The lowest BCUT2D eigenvalue weighted by Crippen LogP contribution is -2.43. The second-order valence-electron chi connectivity index (χ2n) is 6.78. The van der Waals surface area contributed by atoms with Crippen molar-refractivity contribution in [2.45, 2.75) is 32.8 Å². The van der Waals surface area contributed by atoms with Gasteiger partial charge in [0.1, 0.15) is 0 Å². The Morgan fingerprint density at radius 1 is 1.14 bits per heavy atom. The maximum Gasteiger partial charge on any atom is 0.416 e. The number of allylic oxidation sites excluding steroid dienone is 1. The van der Waals surface area contributed by atoms with Gasteiger partial charge in [-0.15, -0.1) is 0 Å². The Morgan fingerprint density at radius 3 is 2.32 bits per heavy atom. The van der Waals surface area contributed by atoms with Crippen molar-refractivity contribution in [2.75, 3.05) is 12.0 Å². The summed E-state index contributed by atoms with van der Waals surface area (Å²) in [5.74, 6) is -1.16. The van der Waals surface area contributed by atoms with Crippen molar-refractivity contribution in [3.05, 3.63) is 70.3 Å². The molecular weight excluding hydrogens is 371 g/mol. The standard InChI is InChI=1S/C21H20F3NO3/c1-12-4-6-14(7-5-12)11-25-17-10-15(21(22,23)24)8-9-16(17)13(2)18(20(26)27)19(25)28-3/h4-10,19H,11H2,1-3H3,(H,26,27). The zero-order valence-electron chi connectivity index (χ0n) is 15.7. The van der Waals surface area contributed by atoms with Crippen molar-refractivity contribution in [3.63, 3.8) is 0 Å². The predicted molar refractivity (Wildman–Crippen MR) is 99.8 cm³/mol. The molecule has 0 spiro atoms. The van der Waals surface area contributed by atoms with Gasteiger partial charge in [-0.3, -0.25) is 0 Å². The van der Waals surface area contributed by atoms with E-state index in [-0.39, 0.29) is 12.1 Å². The Balaban J connectivity index is 2.18. The fraction of sp³-hybridized carbons (Fsp3) is 0.286. The summed E-state index contributed by atoms with van der Waals surface area (Å²) < 4.78 is 45.3. The van der Waals surface area contributed by atoms with Gasteiger partial charge in [-0.1, -0.05) is 35.9 Å². The number of carboxylic acid groups (broad SMARTS) is 1. The van der Waals surface area contributed by atoms with Crippen LogP contribution < -0.4 is 4.90 Å². The van der Waals surface area contributed by atoms with Gasteiger partial charge < -0.3 is 14.7 Å². The van der Waals surface area contributed by atoms with Crippen LogP contribution in [0.4, 0.5) is 18.9 Å². The maximum atomic E-state index is 13.3. The van der Waals surface area contributed by atoms with Crippen LogP contribution in [-0.4, -0.2) is 24.4 Å². The lowest BCUT2D eigenvalue weighted by Gasteiger charge is -2.39. The monoisotopic (exact) mass is 391 g/mol. The first-order chi connectivity index (χ1) is 13.1. The number of hydrogen-bond acceptors (Lipinski definition) is 3. The van der Waals surface area contributed by atoms with Gasteiger partial charge in [0.15, 0.2) is 6.23 Å². The highest BCUT2D eigenvalue weighted by molar-refractivity contribution is 6.01. The molecule has 0 saturated heterocycles. The molecule has 1 unspecified atom stereocenters. The van der Waals surface area contributed by atoms with E-state index in [0.29, 0.717) is 16.8 Å². The number of rotatable bonds is 4. The fourth-order valence-electron chi connectivity index (χ4n) is 3.44. The molecule has 1 N–H and O–H groups in total. The quantitative estimate of drug-likeness (QED) is 0.808. The molecule has 0 aliphatic carbocycles. The molecule has 28 heavy (non-hydrogen) atoms. The average molecular weight is 391 g/mol. The fourth-order valence-corrected chi connectivity index (χ4v) is 3.44. The molecular formula is C21H20F3NO3. The van der Waals surface area contributed by atoms with E-state index in [2.05, 4.69) is 0 Å². The van der Waals surface area contributed by atoms with Gasteiger partial charge in [-0.05, 0) is 37.1 Å². The van der Waals surface area contributed by atoms with Gasteiger partial charge in [-0.2, -0.15) is 13.2 Å². The van der Waals surface area contributed by atoms with Gasteiger partial charge in [0.25, 0.3) is 0 Å². The Kier molecular flexibility index (Phi) is 5.21. The summed E-state index contributed by atoms with van der Waals surface area (Å²) in [4.78, 5) is 13.4. The van der Waals surface area contributed by atoms with Gasteiger partial charge in [0.05, 0.1) is 11.1 Å². The first-order valence-electron chi connectivity index (χ1n) is 8.64. The molecule has 7 heteroatoms. The summed E-state index contributed by atoms with van der Waals surface area (Å²) in [5, 5.41) is 9.70. The molecule has 1 heterocycles. The van der Waals surface area contributed by atoms with Crippen molar-refractivity contribution < 1.29 is 27.8 Å². The van der Waals surface area contributed by atoms with Crippen LogP contribution in [0.2, 0.25) is 0 Å². The Bertz CT molecular complexity index is 933. The zero-order valence-corrected chi connectivity index (χ0v) is 15.7. The third kappa shape index (κ3) is 3.62. The van der Waals surface area contributed by atoms with E-state index < -0.39 is 23.9 Å². The first-order valence-corrected chi connectivity index (χ1v) is 8.64. The van der Waals surface area contributed by atoms with Crippen LogP contribution in [0.3, 0.4) is 0 Å². The molecule has 2 aromatic rings. The van der Waals surface area contributed by atoms with Crippen molar-refractivity contribution >= 4 is 17.2 Å². The number of halogens is 3. The minimum Gasteiger partial charge on any atom is -0.478 e. The molecule has 4 nitrogen and oxygen atoms in total. The Hall–Kier alpha value is -2.80. The summed E-state index contributed by atoms with van der Waals surface area (Å²) >= 11 is 0. The second kappa shape index (κ2) is 7.31. The van der Waals surface area contributed by atoms with E-state index in [9.17, 15) is 23.1 Å². The SMILES string of the molecule is COC1C(C(=O)O)=C(C)c2ccc(C(F)(F)F)cc2N1Cc1ccc(C)cc1. The van der Waals surface area contributed by atoms with Crippen LogP contribution in [0, 0.1) is 6.92 Å². The maximum absolute atomic E-state index is 13.3. The number of ether oxygens (including phenoxy) is 1. The number of nitrogens with zero attached hydrogens (tertiary/aromatic N) is 1. The van der Waals surface area contributed by atoms with E-state index in [1.807, 2.05) is 31.2 Å². The summed E-state index contributed by atoms with van der Waals surface area (Å²) in [5.41, 5.74) is 2.25. The number of benzene rings is 2. The normalized spacial score (nSPS) is 16.9. The van der Waals surface area contributed by atoms with Crippen LogP contribution >= 0.6 is 0 Å². The smallest absolute Gasteiger partial charge is 0.416 e. The predicted octanol–water partition coefficient (Wildman–Crippen LogP) is 4.86. The number of carbonyl (C=O) groups is 1. The molecule has 1 aliphatic rings. The number of carboxylic acids is 1. The highest BCUT2D eigenvalue weighted by atomic mass is 19.4. The largest absolute Gasteiger partial charge is 0.478 e. The summed E-state index contributed by atoms with van der Waals surface area (Å²) in [6.45, 7) is 3.73. The zero-order chi connectivity index (χ0) is 20.6. The summed E-state index contributed by atoms with van der Waals surface area (Å²) in [6.07, 6.45) is -5.51. The van der Waals surface area contributed by atoms with Gasteiger partial charge in [-0.25, -0.2) is 4.79 Å². The molecule has 0 saturated carbocycles. The van der Waals surface area contributed by atoms with E-state index in [0.717, 1.165) is 23.3 Å². The molecule has 0 amide bonds. The third-order valence-corrected chi connectivity index (χ3v) is 4.90. The number of methoxy groups -OCH3 is 1. The van der Waals surface area contributed by atoms with Crippen molar-refractivity contribution in [2.24, 2.45) is 0 Å². The Morgan fingerprint density at radius 2 is 1.79 bits per heavy atom.